The first-order chi connectivity index (χ1) is 8.69. The van der Waals surface area contributed by atoms with Crippen LogP contribution in [-0.2, 0) is 11.3 Å². The van der Waals surface area contributed by atoms with E-state index in [-0.39, 0.29) is 0 Å². The van der Waals surface area contributed by atoms with Crippen molar-refractivity contribution in [3.8, 4) is 0 Å². The SMILES string of the molecule is CCC1OCCC1CNCc1cc(N)cc(Br)c1. The maximum Gasteiger partial charge on any atom is 0.0613 e. The average molecular weight is 313 g/mol. The van der Waals surface area contributed by atoms with Gasteiger partial charge in [0, 0.05) is 29.9 Å². The van der Waals surface area contributed by atoms with Crippen LogP contribution in [0.3, 0.4) is 0 Å². The lowest BCUT2D eigenvalue weighted by Gasteiger charge is -2.17. The van der Waals surface area contributed by atoms with Gasteiger partial charge in [-0.1, -0.05) is 22.9 Å². The van der Waals surface area contributed by atoms with Crippen LogP contribution >= 0.6 is 15.9 Å². The molecule has 2 atom stereocenters. The second-order valence-electron chi connectivity index (χ2n) is 4.89. The highest BCUT2D eigenvalue weighted by molar-refractivity contribution is 9.10. The molecule has 0 amide bonds. The van der Waals surface area contributed by atoms with Crippen molar-refractivity contribution in [1.29, 1.82) is 0 Å². The lowest BCUT2D eigenvalue weighted by molar-refractivity contribution is 0.0872. The van der Waals surface area contributed by atoms with Crippen molar-refractivity contribution in [2.75, 3.05) is 18.9 Å². The largest absolute Gasteiger partial charge is 0.399 e. The van der Waals surface area contributed by atoms with E-state index in [9.17, 15) is 0 Å². The van der Waals surface area contributed by atoms with Gasteiger partial charge in [0.2, 0.25) is 0 Å². The summed E-state index contributed by atoms with van der Waals surface area (Å²) in [6.45, 7) is 4.98. The average Bonchev–Trinajstić information content (AvgIpc) is 2.75. The zero-order valence-electron chi connectivity index (χ0n) is 10.8. The van der Waals surface area contributed by atoms with Gasteiger partial charge in [0.25, 0.3) is 0 Å². The molecule has 0 spiro atoms. The molecule has 4 heteroatoms. The number of hydrogen-bond acceptors (Lipinski definition) is 3. The number of hydrogen-bond donors (Lipinski definition) is 2. The Labute approximate surface area is 117 Å². The van der Waals surface area contributed by atoms with Gasteiger partial charge in [-0.15, -0.1) is 0 Å². The molecule has 100 valence electrons. The van der Waals surface area contributed by atoms with Crippen LogP contribution < -0.4 is 11.1 Å². The van der Waals surface area contributed by atoms with E-state index in [4.69, 9.17) is 10.5 Å². The predicted molar refractivity (Wildman–Crippen MR) is 78.4 cm³/mol. The maximum atomic E-state index is 5.82. The molecular weight excluding hydrogens is 292 g/mol. The third-order valence-electron chi connectivity index (χ3n) is 3.46. The fourth-order valence-electron chi connectivity index (χ4n) is 2.56. The van der Waals surface area contributed by atoms with Gasteiger partial charge in [0.1, 0.15) is 0 Å². The number of anilines is 1. The van der Waals surface area contributed by atoms with E-state index in [1.165, 1.54) is 12.0 Å². The Morgan fingerprint density at radius 2 is 2.28 bits per heavy atom. The Kier molecular flexibility index (Phi) is 5.03. The normalized spacial score (nSPS) is 23.4. The molecule has 2 unspecified atom stereocenters. The minimum Gasteiger partial charge on any atom is -0.399 e. The van der Waals surface area contributed by atoms with Crippen LogP contribution in [0.25, 0.3) is 0 Å². The zero-order valence-corrected chi connectivity index (χ0v) is 12.4. The quantitative estimate of drug-likeness (QED) is 0.822. The molecule has 1 aliphatic heterocycles. The van der Waals surface area contributed by atoms with Crippen LogP contribution in [0.5, 0.6) is 0 Å². The third kappa shape index (κ3) is 3.70. The summed E-state index contributed by atoms with van der Waals surface area (Å²) in [5.41, 5.74) is 7.84. The van der Waals surface area contributed by atoms with E-state index in [1.807, 2.05) is 12.1 Å². The number of ether oxygens (including phenoxy) is 1. The van der Waals surface area contributed by atoms with Gasteiger partial charge in [-0.3, -0.25) is 0 Å². The van der Waals surface area contributed by atoms with Crippen molar-refractivity contribution in [3.63, 3.8) is 0 Å². The van der Waals surface area contributed by atoms with Gasteiger partial charge in [-0.25, -0.2) is 0 Å². The number of nitrogens with one attached hydrogen (secondary N) is 1. The van der Waals surface area contributed by atoms with Crippen molar-refractivity contribution in [2.24, 2.45) is 5.92 Å². The minimum absolute atomic E-state index is 0.435. The predicted octanol–water partition coefficient (Wildman–Crippen LogP) is 2.94. The Morgan fingerprint density at radius 1 is 1.44 bits per heavy atom. The first kappa shape index (κ1) is 13.8. The Bertz CT molecular complexity index is 377. The van der Waals surface area contributed by atoms with E-state index < -0.39 is 0 Å². The fourth-order valence-corrected chi connectivity index (χ4v) is 3.12. The fraction of sp³-hybridized carbons (Fsp3) is 0.571. The highest BCUT2D eigenvalue weighted by atomic mass is 79.9. The molecule has 1 aromatic rings. The van der Waals surface area contributed by atoms with E-state index in [0.717, 1.165) is 36.3 Å². The van der Waals surface area contributed by atoms with Crippen LogP contribution in [0, 0.1) is 5.92 Å². The summed E-state index contributed by atoms with van der Waals surface area (Å²) >= 11 is 3.46. The molecule has 1 aliphatic rings. The second kappa shape index (κ2) is 6.55. The number of nitrogens with two attached hydrogens (primary N) is 1. The smallest absolute Gasteiger partial charge is 0.0613 e. The molecule has 0 aliphatic carbocycles. The number of halogens is 1. The van der Waals surface area contributed by atoms with Crippen molar-refractivity contribution in [3.05, 3.63) is 28.2 Å². The molecule has 0 saturated carbocycles. The summed E-state index contributed by atoms with van der Waals surface area (Å²) in [5.74, 6) is 0.652. The summed E-state index contributed by atoms with van der Waals surface area (Å²) in [6, 6.07) is 6.04. The molecular formula is C14H21BrN2O. The van der Waals surface area contributed by atoms with Crippen LogP contribution in [0.1, 0.15) is 25.3 Å². The Balaban J connectivity index is 1.81. The van der Waals surface area contributed by atoms with E-state index in [0.29, 0.717) is 12.0 Å². The first-order valence-corrected chi connectivity index (χ1v) is 7.35. The summed E-state index contributed by atoms with van der Waals surface area (Å²) in [4.78, 5) is 0. The molecule has 3 nitrogen and oxygen atoms in total. The molecule has 1 aromatic carbocycles. The van der Waals surface area contributed by atoms with Crippen LogP contribution in [0.2, 0.25) is 0 Å². The van der Waals surface area contributed by atoms with Gasteiger partial charge in [0.05, 0.1) is 6.10 Å². The molecule has 3 N–H and O–H groups in total. The summed E-state index contributed by atoms with van der Waals surface area (Å²) in [6.07, 6.45) is 2.72. The molecule has 1 fully saturated rings. The standard InChI is InChI=1S/C14H21BrN2O/c1-2-14-11(3-4-18-14)9-17-8-10-5-12(15)7-13(16)6-10/h5-7,11,14,17H,2-4,8-9,16H2,1H3. The number of rotatable bonds is 5. The van der Waals surface area contributed by atoms with Gasteiger partial charge in [0.15, 0.2) is 0 Å². The van der Waals surface area contributed by atoms with Crippen LogP contribution in [-0.4, -0.2) is 19.3 Å². The molecule has 1 heterocycles. The highest BCUT2D eigenvalue weighted by Crippen LogP contribution is 2.23. The first-order valence-electron chi connectivity index (χ1n) is 6.56. The zero-order chi connectivity index (χ0) is 13.0. The topological polar surface area (TPSA) is 47.3 Å². The monoisotopic (exact) mass is 312 g/mol. The third-order valence-corrected chi connectivity index (χ3v) is 3.92. The summed E-state index contributed by atoms with van der Waals surface area (Å²) in [5, 5.41) is 3.51. The molecule has 0 bridgehead atoms. The van der Waals surface area contributed by atoms with E-state index in [1.54, 1.807) is 0 Å². The Hall–Kier alpha value is -0.580. The summed E-state index contributed by atoms with van der Waals surface area (Å²) < 4.78 is 6.73. The molecule has 2 rings (SSSR count). The maximum absolute atomic E-state index is 5.82. The lowest BCUT2D eigenvalue weighted by Crippen LogP contribution is -2.27. The molecule has 0 aromatic heterocycles. The van der Waals surface area contributed by atoms with Crippen molar-refractivity contribution in [2.45, 2.75) is 32.4 Å². The van der Waals surface area contributed by atoms with Crippen molar-refractivity contribution >= 4 is 21.6 Å². The number of benzene rings is 1. The highest BCUT2D eigenvalue weighted by Gasteiger charge is 2.25. The number of nitrogen functional groups attached to an aromatic ring is 1. The van der Waals surface area contributed by atoms with Crippen molar-refractivity contribution < 1.29 is 4.74 Å². The van der Waals surface area contributed by atoms with Gasteiger partial charge < -0.3 is 15.8 Å². The van der Waals surface area contributed by atoms with Crippen LogP contribution in [0.4, 0.5) is 5.69 Å². The van der Waals surface area contributed by atoms with Crippen LogP contribution in [0.15, 0.2) is 22.7 Å². The molecule has 0 radical (unpaired) electrons. The molecule has 1 saturated heterocycles. The van der Waals surface area contributed by atoms with E-state index in [2.05, 4.69) is 34.2 Å². The Morgan fingerprint density at radius 3 is 3.00 bits per heavy atom. The summed E-state index contributed by atoms with van der Waals surface area (Å²) in [7, 11) is 0. The minimum atomic E-state index is 0.435. The second-order valence-corrected chi connectivity index (χ2v) is 5.81. The van der Waals surface area contributed by atoms with Gasteiger partial charge in [-0.2, -0.15) is 0 Å². The molecule has 18 heavy (non-hydrogen) atoms. The van der Waals surface area contributed by atoms with Gasteiger partial charge in [-0.05, 0) is 42.5 Å². The van der Waals surface area contributed by atoms with E-state index >= 15 is 0 Å². The van der Waals surface area contributed by atoms with Crippen molar-refractivity contribution in [1.82, 2.24) is 5.32 Å². The van der Waals surface area contributed by atoms with Gasteiger partial charge >= 0.3 is 0 Å². The lowest BCUT2D eigenvalue weighted by atomic mass is 9.99.